The predicted octanol–water partition coefficient (Wildman–Crippen LogP) is 14.4. The van der Waals surface area contributed by atoms with E-state index in [2.05, 4.69) is 195 Å². The molecule has 1 aliphatic rings. The molecule has 53 heavy (non-hydrogen) atoms. The predicted molar refractivity (Wildman–Crippen MR) is 222 cm³/mol. The lowest BCUT2D eigenvalue weighted by Gasteiger charge is -2.28. The van der Waals surface area contributed by atoms with Crippen molar-refractivity contribution < 1.29 is 4.42 Å². The summed E-state index contributed by atoms with van der Waals surface area (Å²) in [6.45, 7) is 4.73. The quantitative estimate of drug-likeness (QED) is 0.174. The average molecular weight is 680 g/mol. The van der Waals surface area contributed by atoms with Crippen molar-refractivity contribution in [3.05, 3.63) is 199 Å². The number of benzene rings is 8. The van der Waals surface area contributed by atoms with E-state index in [-0.39, 0.29) is 5.41 Å². The molecule has 0 spiro atoms. The van der Waals surface area contributed by atoms with Gasteiger partial charge in [-0.25, -0.2) is 0 Å². The fourth-order valence-corrected chi connectivity index (χ4v) is 8.26. The summed E-state index contributed by atoms with van der Waals surface area (Å²) in [5.41, 5.74) is 17.7. The van der Waals surface area contributed by atoms with E-state index in [9.17, 15) is 0 Å². The highest BCUT2D eigenvalue weighted by Crippen LogP contribution is 2.51. The van der Waals surface area contributed by atoms with Gasteiger partial charge in [0.25, 0.3) is 0 Å². The van der Waals surface area contributed by atoms with E-state index >= 15 is 0 Å². The van der Waals surface area contributed by atoms with E-state index in [1.54, 1.807) is 0 Å². The Morgan fingerprint density at radius 1 is 0.358 bits per heavy atom. The Balaban J connectivity index is 0.994. The molecule has 0 bridgehead atoms. The molecule has 0 radical (unpaired) electrons. The average Bonchev–Trinajstić information content (AvgIpc) is 3.70. The van der Waals surface area contributed by atoms with Gasteiger partial charge in [-0.1, -0.05) is 141 Å². The molecule has 0 saturated heterocycles. The van der Waals surface area contributed by atoms with Gasteiger partial charge in [-0.15, -0.1) is 0 Å². The van der Waals surface area contributed by atoms with E-state index in [1.807, 2.05) is 12.1 Å². The van der Waals surface area contributed by atoms with Crippen LogP contribution in [0.5, 0.6) is 0 Å². The molecule has 0 amide bonds. The van der Waals surface area contributed by atoms with Crippen LogP contribution in [0.2, 0.25) is 0 Å². The van der Waals surface area contributed by atoms with E-state index in [4.69, 9.17) is 4.42 Å². The third-order valence-corrected chi connectivity index (χ3v) is 11.1. The summed E-state index contributed by atoms with van der Waals surface area (Å²) in [6.07, 6.45) is 0. The van der Waals surface area contributed by atoms with Crippen molar-refractivity contribution in [1.29, 1.82) is 0 Å². The van der Waals surface area contributed by atoms with Crippen LogP contribution in [0.3, 0.4) is 0 Å². The first-order valence-corrected chi connectivity index (χ1v) is 18.3. The number of hydrogen-bond acceptors (Lipinski definition) is 2. The molecule has 0 N–H and O–H groups in total. The summed E-state index contributed by atoms with van der Waals surface area (Å²) >= 11 is 0. The Bertz CT molecular complexity index is 2780. The Labute approximate surface area is 310 Å². The minimum absolute atomic E-state index is 0.164. The zero-order chi connectivity index (χ0) is 35.5. The van der Waals surface area contributed by atoms with Crippen LogP contribution in [0.15, 0.2) is 192 Å². The number of fused-ring (bicyclic) bond motifs is 6. The summed E-state index contributed by atoms with van der Waals surface area (Å²) in [5, 5.41) is 2.29. The van der Waals surface area contributed by atoms with Crippen molar-refractivity contribution in [2.24, 2.45) is 0 Å². The molecule has 8 aromatic carbocycles. The molecular formula is C51H37NO. The maximum Gasteiger partial charge on any atom is 0.135 e. The number of para-hydroxylation sites is 2. The lowest BCUT2D eigenvalue weighted by Crippen LogP contribution is -2.16. The Kier molecular flexibility index (Phi) is 7.19. The number of anilines is 3. The van der Waals surface area contributed by atoms with Crippen LogP contribution in [0.25, 0.3) is 66.4 Å². The van der Waals surface area contributed by atoms with Gasteiger partial charge < -0.3 is 9.32 Å². The van der Waals surface area contributed by atoms with Gasteiger partial charge in [0.05, 0.1) is 0 Å². The summed E-state index contributed by atoms with van der Waals surface area (Å²) in [7, 11) is 0. The maximum atomic E-state index is 6.10. The number of hydrogen-bond donors (Lipinski definition) is 0. The van der Waals surface area contributed by atoms with Crippen molar-refractivity contribution in [2.45, 2.75) is 19.3 Å². The van der Waals surface area contributed by atoms with Crippen molar-refractivity contribution in [1.82, 2.24) is 0 Å². The molecule has 1 aliphatic carbocycles. The Morgan fingerprint density at radius 3 is 1.57 bits per heavy atom. The van der Waals surface area contributed by atoms with Crippen LogP contribution in [-0.4, -0.2) is 0 Å². The topological polar surface area (TPSA) is 16.4 Å². The van der Waals surface area contributed by atoms with Gasteiger partial charge in [0, 0.05) is 33.2 Å². The number of nitrogens with zero attached hydrogens (tertiary/aromatic N) is 1. The molecule has 10 rings (SSSR count). The van der Waals surface area contributed by atoms with Crippen molar-refractivity contribution in [2.75, 3.05) is 4.90 Å². The van der Waals surface area contributed by atoms with Gasteiger partial charge >= 0.3 is 0 Å². The highest BCUT2D eigenvalue weighted by Gasteiger charge is 2.36. The fourth-order valence-electron chi connectivity index (χ4n) is 8.26. The minimum Gasteiger partial charge on any atom is -0.456 e. The van der Waals surface area contributed by atoms with E-state index < -0.39 is 0 Å². The zero-order valence-corrected chi connectivity index (χ0v) is 29.8. The lowest BCUT2D eigenvalue weighted by atomic mass is 9.81. The van der Waals surface area contributed by atoms with Crippen LogP contribution in [0, 0.1) is 0 Å². The molecule has 0 fully saturated rings. The van der Waals surface area contributed by atoms with Gasteiger partial charge in [0.1, 0.15) is 11.2 Å². The first-order chi connectivity index (χ1) is 26.0. The fraction of sp³-hybridized carbons (Fsp3) is 0.0588. The molecule has 0 saturated carbocycles. The van der Waals surface area contributed by atoms with Crippen molar-refractivity contribution in [3.8, 4) is 44.5 Å². The Hall–Kier alpha value is -6.64. The van der Waals surface area contributed by atoms with Crippen molar-refractivity contribution in [3.63, 3.8) is 0 Å². The second-order valence-corrected chi connectivity index (χ2v) is 14.6. The molecule has 252 valence electrons. The van der Waals surface area contributed by atoms with E-state index in [0.29, 0.717) is 0 Å². The monoisotopic (exact) mass is 679 g/mol. The lowest BCUT2D eigenvalue weighted by molar-refractivity contribution is 0.660. The molecular weight excluding hydrogens is 643 g/mol. The number of rotatable bonds is 6. The third-order valence-electron chi connectivity index (χ3n) is 11.1. The first kappa shape index (κ1) is 31.1. The summed E-state index contributed by atoms with van der Waals surface area (Å²) in [6, 6.07) is 67.9. The van der Waals surface area contributed by atoms with Crippen LogP contribution in [0.1, 0.15) is 25.0 Å². The normalized spacial score (nSPS) is 12.9. The molecule has 0 aliphatic heterocycles. The van der Waals surface area contributed by atoms with Gasteiger partial charge in [0.15, 0.2) is 0 Å². The number of furan rings is 1. The van der Waals surface area contributed by atoms with Crippen LogP contribution >= 0.6 is 0 Å². The van der Waals surface area contributed by atoms with Crippen LogP contribution < -0.4 is 4.90 Å². The van der Waals surface area contributed by atoms with Gasteiger partial charge in [-0.2, -0.15) is 0 Å². The summed E-state index contributed by atoms with van der Waals surface area (Å²) in [4.78, 5) is 2.37. The van der Waals surface area contributed by atoms with E-state index in [0.717, 1.165) is 39.0 Å². The zero-order valence-electron chi connectivity index (χ0n) is 29.8. The molecule has 0 atom stereocenters. The summed E-state index contributed by atoms with van der Waals surface area (Å²) in [5.74, 6) is 0. The largest absolute Gasteiger partial charge is 0.456 e. The third kappa shape index (κ3) is 5.26. The standard InChI is InChI=1S/C51H37NO/c1-51(2)47-32-39(36-19-17-35(18-20-36)34-11-5-3-6-12-34)23-28-43(47)44-29-27-42(33-48(44)51)52(40-13-7-4-8-14-40)41-25-21-37(22-26-41)38-24-30-50-46(31-38)45-15-9-10-16-49(45)53-50/h3-33H,1-2H3. The SMILES string of the molecule is CC1(C)c2cc(-c3ccc(-c4ccccc4)cc3)ccc2-c2ccc(N(c3ccccc3)c3ccc(-c4ccc5oc6ccccc6c5c4)cc3)cc21. The van der Waals surface area contributed by atoms with Crippen LogP contribution in [-0.2, 0) is 5.41 Å². The molecule has 2 nitrogen and oxygen atoms in total. The second-order valence-electron chi connectivity index (χ2n) is 14.6. The summed E-state index contributed by atoms with van der Waals surface area (Å²) < 4.78 is 6.10. The van der Waals surface area contributed by atoms with Gasteiger partial charge in [0.2, 0.25) is 0 Å². The van der Waals surface area contributed by atoms with Gasteiger partial charge in [-0.05, 0) is 116 Å². The van der Waals surface area contributed by atoms with Crippen LogP contribution in [0.4, 0.5) is 17.1 Å². The van der Waals surface area contributed by atoms with Crippen molar-refractivity contribution >= 4 is 39.0 Å². The van der Waals surface area contributed by atoms with E-state index in [1.165, 1.54) is 55.6 Å². The Morgan fingerprint density at radius 2 is 0.830 bits per heavy atom. The highest BCUT2D eigenvalue weighted by molar-refractivity contribution is 6.06. The second kappa shape index (κ2) is 12.3. The molecule has 2 heteroatoms. The molecule has 0 unspecified atom stereocenters. The minimum atomic E-state index is -0.164. The maximum absolute atomic E-state index is 6.10. The smallest absolute Gasteiger partial charge is 0.135 e. The first-order valence-electron chi connectivity index (χ1n) is 18.3. The van der Waals surface area contributed by atoms with Gasteiger partial charge in [-0.3, -0.25) is 0 Å². The molecule has 9 aromatic rings. The molecule has 1 aromatic heterocycles. The molecule has 1 heterocycles. The highest BCUT2D eigenvalue weighted by atomic mass is 16.3.